The van der Waals surface area contributed by atoms with Crippen LogP contribution in [0.15, 0.2) is 22.8 Å². The molecule has 0 spiro atoms. The van der Waals surface area contributed by atoms with E-state index in [2.05, 4.69) is 20.9 Å². The highest BCUT2D eigenvalue weighted by atomic mass is 79.9. The first-order chi connectivity index (χ1) is 6.65. The van der Waals surface area contributed by atoms with Gasteiger partial charge < -0.3 is 4.90 Å². The molecule has 4 heteroatoms. The maximum absolute atomic E-state index is 11.7. The van der Waals surface area contributed by atoms with Crippen LogP contribution in [0, 0.1) is 0 Å². The molecule has 14 heavy (non-hydrogen) atoms. The smallest absolute Gasteiger partial charge is 0.272 e. The highest BCUT2D eigenvalue weighted by Crippen LogP contribution is 2.08. The van der Waals surface area contributed by atoms with E-state index in [0.29, 0.717) is 10.3 Å². The van der Waals surface area contributed by atoms with Crippen LogP contribution >= 0.6 is 15.9 Å². The Morgan fingerprint density at radius 3 is 2.86 bits per heavy atom. The largest absolute Gasteiger partial charge is 0.340 e. The lowest BCUT2D eigenvalue weighted by Gasteiger charge is -2.15. The molecular formula is C10H13BrN2O. The molecule has 0 aliphatic carbocycles. The van der Waals surface area contributed by atoms with Crippen LogP contribution in [0.3, 0.4) is 0 Å². The Kier molecular flexibility index (Phi) is 4.07. The van der Waals surface area contributed by atoms with Gasteiger partial charge in [-0.15, -0.1) is 0 Å². The molecule has 0 atom stereocenters. The second-order valence-electron chi connectivity index (χ2n) is 3.07. The second kappa shape index (κ2) is 5.10. The van der Waals surface area contributed by atoms with Crippen molar-refractivity contribution in [2.45, 2.75) is 13.3 Å². The van der Waals surface area contributed by atoms with Crippen molar-refractivity contribution in [3.05, 3.63) is 28.5 Å². The van der Waals surface area contributed by atoms with Gasteiger partial charge in [-0.3, -0.25) is 4.79 Å². The molecule has 0 saturated heterocycles. The van der Waals surface area contributed by atoms with Crippen molar-refractivity contribution in [1.82, 2.24) is 9.88 Å². The lowest BCUT2D eigenvalue weighted by Crippen LogP contribution is -2.28. The van der Waals surface area contributed by atoms with Crippen LogP contribution < -0.4 is 0 Å². The van der Waals surface area contributed by atoms with Gasteiger partial charge in [0, 0.05) is 13.6 Å². The van der Waals surface area contributed by atoms with Crippen molar-refractivity contribution in [3.63, 3.8) is 0 Å². The molecule has 0 N–H and O–H groups in total. The number of carbonyl (C=O) groups excluding carboxylic acids is 1. The minimum Gasteiger partial charge on any atom is -0.340 e. The SMILES string of the molecule is CCCN(C)C(=O)c1cccc(Br)n1. The monoisotopic (exact) mass is 256 g/mol. The van der Waals surface area contributed by atoms with Gasteiger partial charge in [0.1, 0.15) is 10.3 Å². The predicted octanol–water partition coefficient (Wildman–Crippen LogP) is 2.33. The van der Waals surface area contributed by atoms with Crippen LogP contribution in [0.1, 0.15) is 23.8 Å². The Bertz CT molecular complexity index is 328. The first-order valence-corrected chi connectivity index (χ1v) is 5.32. The molecule has 1 aromatic heterocycles. The topological polar surface area (TPSA) is 33.2 Å². The van der Waals surface area contributed by atoms with Crippen LogP contribution in [0.25, 0.3) is 0 Å². The van der Waals surface area contributed by atoms with Gasteiger partial charge in [0.05, 0.1) is 0 Å². The Hall–Kier alpha value is -0.900. The third kappa shape index (κ3) is 2.80. The van der Waals surface area contributed by atoms with Crippen molar-refractivity contribution >= 4 is 21.8 Å². The number of halogens is 1. The fraction of sp³-hybridized carbons (Fsp3) is 0.400. The molecule has 0 aliphatic heterocycles. The molecule has 0 bridgehead atoms. The fourth-order valence-electron chi connectivity index (χ4n) is 1.16. The number of aromatic nitrogens is 1. The Morgan fingerprint density at radius 1 is 1.57 bits per heavy atom. The first kappa shape index (κ1) is 11.2. The van der Waals surface area contributed by atoms with E-state index in [-0.39, 0.29) is 5.91 Å². The van der Waals surface area contributed by atoms with Crippen LogP contribution in [-0.2, 0) is 0 Å². The van der Waals surface area contributed by atoms with Crippen molar-refractivity contribution in [2.24, 2.45) is 0 Å². The standard InChI is InChI=1S/C10H13BrN2O/c1-3-7-13(2)10(14)8-5-4-6-9(11)12-8/h4-6H,3,7H2,1-2H3. The molecule has 0 aromatic carbocycles. The molecule has 1 aromatic rings. The maximum Gasteiger partial charge on any atom is 0.272 e. The van der Waals surface area contributed by atoms with Crippen LogP contribution in [0.4, 0.5) is 0 Å². The number of hydrogen-bond acceptors (Lipinski definition) is 2. The van der Waals surface area contributed by atoms with Gasteiger partial charge >= 0.3 is 0 Å². The number of amides is 1. The summed E-state index contributed by atoms with van der Waals surface area (Å²) in [6, 6.07) is 5.33. The minimum absolute atomic E-state index is 0.0341. The number of rotatable bonds is 3. The molecule has 0 unspecified atom stereocenters. The van der Waals surface area contributed by atoms with E-state index in [4.69, 9.17) is 0 Å². The molecular weight excluding hydrogens is 244 g/mol. The molecule has 1 heterocycles. The fourth-order valence-corrected chi connectivity index (χ4v) is 1.50. The highest BCUT2D eigenvalue weighted by molar-refractivity contribution is 9.10. The maximum atomic E-state index is 11.7. The molecule has 0 fully saturated rings. The average molecular weight is 257 g/mol. The molecule has 0 saturated carbocycles. The predicted molar refractivity (Wildman–Crippen MR) is 59.2 cm³/mol. The van der Waals surface area contributed by atoms with Gasteiger partial charge in [-0.2, -0.15) is 0 Å². The lowest BCUT2D eigenvalue weighted by molar-refractivity contribution is 0.0789. The summed E-state index contributed by atoms with van der Waals surface area (Å²) in [4.78, 5) is 17.5. The van der Waals surface area contributed by atoms with E-state index in [1.807, 2.05) is 13.0 Å². The van der Waals surface area contributed by atoms with E-state index in [0.717, 1.165) is 13.0 Å². The van der Waals surface area contributed by atoms with Gasteiger partial charge in [-0.25, -0.2) is 4.98 Å². The van der Waals surface area contributed by atoms with Gasteiger partial charge in [0.25, 0.3) is 5.91 Å². The molecule has 3 nitrogen and oxygen atoms in total. The quantitative estimate of drug-likeness (QED) is 0.778. The summed E-state index contributed by atoms with van der Waals surface area (Å²) >= 11 is 3.24. The summed E-state index contributed by atoms with van der Waals surface area (Å²) in [6.45, 7) is 2.80. The molecule has 0 aliphatic rings. The summed E-state index contributed by atoms with van der Waals surface area (Å²) in [7, 11) is 1.79. The summed E-state index contributed by atoms with van der Waals surface area (Å²) in [5.74, 6) is -0.0341. The molecule has 76 valence electrons. The summed E-state index contributed by atoms with van der Waals surface area (Å²) in [5, 5.41) is 0. The zero-order valence-corrected chi connectivity index (χ0v) is 9.91. The zero-order valence-electron chi connectivity index (χ0n) is 8.33. The van der Waals surface area contributed by atoms with Crippen molar-refractivity contribution in [3.8, 4) is 0 Å². The second-order valence-corrected chi connectivity index (χ2v) is 3.88. The minimum atomic E-state index is -0.0341. The summed E-state index contributed by atoms with van der Waals surface area (Å²) in [5.41, 5.74) is 0.482. The van der Waals surface area contributed by atoms with E-state index in [1.165, 1.54) is 0 Å². The van der Waals surface area contributed by atoms with Crippen molar-refractivity contribution in [1.29, 1.82) is 0 Å². The number of hydrogen-bond donors (Lipinski definition) is 0. The van der Waals surface area contributed by atoms with Crippen molar-refractivity contribution in [2.75, 3.05) is 13.6 Å². The van der Waals surface area contributed by atoms with E-state index >= 15 is 0 Å². The average Bonchev–Trinajstić information content (AvgIpc) is 2.17. The zero-order chi connectivity index (χ0) is 10.6. The van der Waals surface area contributed by atoms with E-state index < -0.39 is 0 Å². The lowest BCUT2D eigenvalue weighted by atomic mass is 10.3. The number of carbonyl (C=O) groups is 1. The third-order valence-corrected chi connectivity index (χ3v) is 2.28. The number of nitrogens with zero attached hydrogens (tertiary/aromatic N) is 2. The van der Waals surface area contributed by atoms with Gasteiger partial charge in [-0.05, 0) is 34.5 Å². The third-order valence-electron chi connectivity index (χ3n) is 1.84. The highest BCUT2D eigenvalue weighted by Gasteiger charge is 2.11. The number of pyridine rings is 1. The molecule has 1 amide bonds. The molecule has 1 rings (SSSR count). The molecule has 0 radical (unpaired) electrons. The van der Waals surface area contributed by atoms with Crippen molar-refractivity contribution < 1.29 is 4.79 Å². The first-order valence-electron chi connectivity index (χ1n) is 4.53. The Labute approximate surface area is 92.3 Å². The van der Waals surface area contributed by atoms with E-state index in [1.54, 1.807) is 24.1 Å². The summed E-state index contributed by atoms with van der Waals surface area (Å²) < 4.78 is 0.688. The van der Waals surface area contributed by atoms with Gasteiger partial charge in [-0.1, -0.05) is 13.0 Å². The van der Waals surface area contributed by atoms with Crippen LogP contribution in [-0.4, -0.2) is 29.4 Å². The van der Waals surface area contributed by atoms with Gasteiger partial charge in [0.15, 0.2) is 0 Å². The van der Waals surface area contributed by atoms with Crippen LogP contribution in [0.5, 0.6) is 0 Å². The normalized spacial score (nSPS) is 9.93. The van der Waals surface area contributed by atoms with Gasteiger partial charge in [0.2, 0.25) is 0 Å². The Morgan fingerprint density at radius 2 is 2.29 bits per heavy atom. The Balaban J connectivity index is 2.78. The summed E-state index contributed by atoms with van der Waals surface area (Å²) in [6.07, 6.45) is 0.955. The van der Waals surface area contributed by atoms with E-state index in [9.17, 15) is 4.79 Å². The van der Waals surface area contributed by atoms with Crippen LogP contribution in [0.2, 0.25) is 0 Å².